The number of para-hydroxylation sites is 2. The molecule has 1 atom stereocenters. The van der Waals surface area contributed by atoms with Crippen LogP contribution in [0.4, 0.5) is 0 Å². The summed E-state index contributed by atoms with van der Waals surface area (Å²) in [5.41, 5.74) is 4.52. The van der Waals surface area contributed by atoms with Crippen molar-refractivity contribution in [1.29, 1.82) is 0 Å². The van der Waals surface area contributed by atoms with Crippen molar-refractivity contribution < 1.29 is 9.53 Å². The third kappa shape index (κ3) is 4.65. The predicted octanol–water partition coefficient (Wildman–Crippen LogP) is 4.65. The van der Waals surface area contributed by atoms with Gasteiger partial charge in [0, 0.05) is 16.8 Å². The Hall–Kier alpha value is -4.24. The van der Waals surface area contributed by atoms with Crippen LogP contribution in [0.1, 0.15) is 35.6 Å². The van der Waals surface area contributed by atoms with E-state index in [9.17, 15) is 9.59 Å². The van der Waals surface area contributed by atoms with Crippen molar-refractivity contribution in [1.82, 2.24) is 24.5 Å². The van der Waals surface area contributed by atoms with Gasteiger partial charge < -0.3 is 10.1 Å². The molecule has 5 aromatic rings. The Morgan fingerprint density at radius 2 is 1.84 bits per heavy atom. The average Bonchev–Trinajstić information content (AvgIpc) is 3.47. The van der Waals surface area contributed by atoms with E-state index in [2.05, 4.69) is 10.3 Å². The molecule has 0 radical (unpaired) electrons. The van der Waals surface area contributed by atoms with E-state index in [1.807, 2.05) is 86.8 Å². The van der Waals surface area contributed by atoms with Crippen LogP contribution in [0.5, 0.6) is 5.75 Å². The largest absolute Gasteiger partial charge is 0.494 e. The van der Waals surface area contributed by atoms with Crippen molar-refractivity contribution in [2.24, 2.45) is 0 Å². The van der Waals surface area contributed by atoms with Gasteiger partial charge in [-0.3, -0.25) is 14.0 Å². The van der Waals surface area contributed by atoms with Gasteiger partial charge in [0.2, 0.25) is 5.91 Å². The number of fused-ring (bicyclic) bond motifs is 1. The number of hydrogen-bond acceptors (Lipinski definition) is 6. The second-order valence-electron chi connectivity index (χ2n) is 8.85. The molecule has 3 aromatic heterocycles. The Morgan fingerprint density at radius 1 is 1.11 bits per heavy atom. The van der Waals surface area contributed by atoms with Crippen LogP contribution in [0.3, 0.4) is 0 Å². The number of methoxy groups -OCH3 is 1. The maximum atomic E-state index is 13.8. The minimum absolute atomic E-state index is 0.0654. The molecule has 8 nitrogen and oxygen atoms in total. The average molecular weight is 514 g/mol. The molecule has 9 heteroatoms. The second kappa shape index (κ2) is 10.0. The molecule has 37 heavy (non-hydrogen) atoms. The van der Waals surface area contributed by atoms with Crippen molar-refractivity contribution in [2.45, 2.75) is 33.2 Å². The minimum atomic E-state index is -0.243. The van der Waals surface area contributed by atoms with Crippen LogP contribution in [0.2, 0.25) is 0 Å². The molecule has 3 heterocycles. The first kappa shape index (κ1) is 24.5. The van der Waals surface area contributed by atoms with Gasteiger partial charge in [-0.2, -0.15) is 5.10 Å². The number of nitrogens with zero attached hydrogens (tertiary/aromatic N) is 4. The molecule has 0 aliphatic carbocycles. The molecular weight excluding hydrogens is 486 g/mol. The SMILES string of the molecule is COc1ccccc1-n1nc(-c2c(C)nc3scc(CC(=O)N[C@H](C)c4ccccc4)n3c2=O)cc1C. The van der Waals surface area contributed by atoms with Crippen LogP contribution >= 0.6 is 11.3 Å². The van der Waals surface area contributed by atoms with Crippen LogP contribution in [0, 0.1) is 13.8 Å². The standard InChI is InChI=1S/C28H27N5O3S/c1-17-14-22(31-33(17)23-12-8-9-13-24(23)36-4)26-19(3)30-28-32(27(26)35)21(16-37-28)15-25(34)29-18(2)20-10-6-5-7-11-20/h5-14,16,18H,15H2,1-4H3,(H,29,34)/t18-/m1/s1. The van der Waals surface area contributed by atoms with Crippen LogP contribution < -0.4 is 15.6 Å². The Kier molecular flexibility index (Phi) is 6.62. The van der Waals surface area contributed by atoms with Crippen molar-refractivity contribution in [2.75, 3.05) is 7.11 Å². The van der Waals surface area contributed by atoms with E-state index >= 15 is 0 Å². The number of rotatable bonds is 7. The van der Waals surface area contributed by atoms with Gasteiger partial charge in [-0.15, -0.1) is 11.3 Å². The Bertz CT molecular complexity index is 1650. The van der Waals surface area contributed by atoms with Gasteiger partial charge in [0.15, 0.2) is 4.96 Å². The number of nitrogens with one attached hydrogen (secondary N) is 1. The second-order valence-corrected chi connectivity index (χ2v) is 9.69. The van der Waals surface area contributed by atoms with Crippen LogP contribution in [0.25, 0.3) is 21.9 Å². The first-order valence-corrected chi connectivity index (χ1v) is 12.8. The van der Waals surface area contributed by atoms with Gasteiger partial charge in [-0.25, -0.2) is 9.67 Å². The van der Waals surface area contributed by atoms with Crippen LogP contribution in [-0.4, -0.2) is 32.2 Å². The van der Waals surface area contributed by atoms with E-state index < -0.39 is 0 Å². The molecule has 0 unspecified atom stereocenters. The lowest BCUT2D eigenvalue weighted by atomic mass is 10.1. The lowest BCUT2D eigenvalue weighted by Gasteiger charge is -2.14. The van der Waals surface area contributed by atoms with E-state index in [-0.39, 0.29) is 23.9 Å². The summed E-state index contributed by atoms with van der Waals surface area (Å²) in [4.78, 5) is 31.8. The molecule has 0 aliphatic heterocycles. The van der Waals surface area contributed by atoms with Gasteiger partial charge in [-0.05, 0) is 44.5 Å². The Balaban J connectivity index is 1.50. The van der Waals surface area contributed by atoms with Crippen molar-refractivity contribution in [3.05, 3.63) is 99.0 Å². The van der Waals surface area contributed by atoms with Gasteiger partial charge in [0.1, 0.15) is 17.1 Å². The summed E-state index contributed by atoms with van der Waals surface area (Å²) in [6.45, 7) is 5.67. The first-order chi connectivity index (χ1) is 17.9. The van der Waals surface area contributed by atoms with E-state index in [0.717, 1.165) is 16.9 Å². The predicted molar refractivity (Wildman–Crippen MR) is 145 cm³/mol. The number of amides is 1. The highest BCUT2D eigenvalue weighted by molar-refractivity contribution is 7.15. The molecule has 0 fully saturated rings. The fraction of sp³-hybridized carbons (Fsp3) is 0.214. The zero-order chi connectivity index (χ0) is 26.1. The third-order valence-corrected chi connectivity index (χ3v) is 7.17. The normalized spacial score (nSPS) is 12.0. The summed E-state index contributed by atoms with van der Waals surface area (Å²) in [6.07, 6.45) is 0.0654. The number of carbonyl (C=O) groups excluding carboxylic acids is 1. The summed E-state index contributed by atoms with van der Waals surface area (Å²) in [5.74, 6) is 0.513. The lowest BCUT2D eigenvalue weighted by Crippen LogP contribution is -2.29. The highest BCUT2D eigenvalue weighted by atomic mass is 32.1. The van der Waals surface area contributed by atoms with Crippen molar-refractivity contribution in [3.63, 3.8) is 0 Å². The fourth-order valence-electron chi connectivity index (χ4n) is 4.45. The van der Waals surface area contributed by atoms with Gasteiger partial charge in [-0.1, -0.05) is 42.5 Å². The molecule has 0 saturated carbocycles. The van der Waals surface area contributed by atoms with E-state index in [1.54, 1.807) is 11.8 Å². The lowest BCUT2D eigenvalue weighted by molar-refractivity contribution is -0.121. The number of carbonyl (C=O) groups is 1. The minimum Gasteiger partial charge on any atom is -0.494 e. The summed E-state index contributed by atoms with van der Waals surface area (Å²) in [7, 11) is 1.61. The number of thiazole rings is 1. The highest BCUT2D eigenvalue weighted by Gasteiger charge is 2.21. The van der Waals surface area contributed by atoms with E-state index in [4.69, 9.17) is 9.84 Å². The monoisotopic (exact) mass is 513 g/mol. The zero-order valence-corrected chi connectivity index (χ0v) is 21.9. The topological polar surface area (TPSA) is 90.5 Å². The van der Waals surface area contributed by atoms with E-state index in [1.165, 1.54) is 15.7 Å². The van der Waals surface area contributed by atoms with Gasteiger partial charge >= 0.3 is 0 Å². The van der Waals surface area contributed by atoms with Crippen LogP contribution in [-0.2, 0) is 11.2 Å². The fourth-order valence-corrected chi connectivity index (χ4v) is 5.38. The summed E-state index contributed by atoms with van der Waals surface area (Å²) in [5, 5.41) is 9.58. The number of hydrogen-bond donors (Lipinski definition) is 1. The van der Waals surface area contributed by atoms with Crippen molar-refractivity contribution in [3.8, 4) is 22.7 Å². The molecule has 0 saturated heterocycles. The summed E-state index contributed by atoms with van der Waals surface area (Å²) in [6, 6.07) is 19.1. The quantitative estimate of drug-likeness (QED) is 0.342. The molecule has 1 amide bonds. The van der Waals surface area contributed by atoms with Gasteiger partial charge in [0.25, 0.3) is 5.56 Å². The zero-order valence-electron chi connectivity index (χ0n) is 21.1. The smallest absolute Gasteiger partial charge is 0.268 e. The van der Waals surface area contributed by atoms with Crippen LogP contribution in [0.15, 0.2) is 70.8 Å². The van der Waals surface area contributed by atoms with Crippen molar-refractivity contribution >= 4 is 22.2 Å². The Morgan fingerprint density at radius 3 is 2.59 bits per heavy atom. The molecule has 5 rings (SSSR count). The number of ether oxygens (including phenoxy) is 1. The summed E-state index contributed by atoms with van der Waals surface area (Å²) < 4.78 is 8.78. The number of aryl methyl sites for hydroxylation is 2. The number of benzene rings is 2. The van der Waals surface area contributed by atoms with Gasteiger partial charge in [0.05, 0.1) is 30.8 Å². The molecule has 0 aliphatic rings. The molecule has 0 bridgehead atoms. The van der Waals surface area contributed by atoms with E-state index in [0.29, 0.717) is 33.4 Å². The molecule has 2 aromatic carbocycles. The molecule has 1 N–H and O–H groups in total. The molecule has 188 valence electrons. The summed E-state index contributed by atoms with van der Waals surface area (Å²) >= 11 is 1.34. The molecule has 0 spiro atoms. The highest BCUT2D eigenvalue weighted by Crippen LogP contribution is 2.27. The molecular formula is C28H27N5O3S. The third-order valence-electron chi connectivity index (χ3n) is 6.30. The maximum Gasteiger partial charge on any atom is 0.268 e. The number of aromatic nitrogens is 4. The first-order valence-electron chi connectivity index (χ1n) is 11.9. The Labute approximate surface area is 218 Å². The maximum absolute atomic E-state index is 13.8.